The molecule has 4 aliphatic carbocycles. The van der Waals surface area contributed by atoms with Gasteiger partial charge in [0.15, 0.2) is 11.6 Å². The highest BCUT2D eigenvalue weighted by Crippen LogP contribution is 2.71. The molecule has 0 aromatic carbocycles. The summed E-state index contributed by atoms with van der Waals surface area (Å²) in [4.78, 5) is 23.4. The van der Waals surface area contributed by atoms with Gasteiger partial charge in [0.1, 0.15) is 5.60 Å². The van der Waals surface area contributed by atoms with Crippen LogP contribution in [0.5, 0.6) is 0 Å². The zero-order valence-electron chi connectivity index (χ0n) is 16.5. The van der Waals surface area contributed by atoms with E-state index in [1.807, 2.05) is 26.8 Å². The van der Waals surface area contributed by atoms with Crippen molar-refractivity contribution >= 4 is 23.2 Å². The van der Waals surface area contributed by atoms with Gasteiger partial charge < -0.3 is 10.2 Å². The predicted molar refractivity (Wildman–Crippen MR) is 103 cm³/mol. The van der Waals surface area contributed by atoms with Gasteiger partial charge in [-0.3, -0.25) is 9.59 Å². The number of rotatable bonds is 1. The van der Waals surface area contributed by atoms with Crippen LogP contribution < -0.4 is 0 Å². The lowest BCUT2D eigenvalue weighted by Gasteiger charge is -2.63. The van der Waals surface area contributed by atoms with Gasteiger partial charge in [-0.2, -0.15) is 0 Å². The lowest BCUT2D eigenvalue weighted by atomic mass is 9.45. The average Bonchev–Trinajstić information content (AvgIpc) is 2.79. The van der Waals surface area contributed by atoms with Crippen molar-refractivity contribution in [3.05, 3.63) is 23.8 Å². The Labute approximate surface area is 165 Å². The number of alkyl halides is 1. The van der Waals surface area contributed by atoms with E-state index in [0.717, 1.165) is 24.8 Å². The largest absolute Gasteiger partial charge is 0.391 e. The Bertz CT molecular complexity index is 787. The Hall–Kier alpha value is -0.970. The minimum absolute atomic E-state index is 0.0308. The summed E-state index contributed by atoms with van der Waals surface area (Å²) in [5.74, 6) is -0.420. The third kappa shape index (κ3) is 2.02. The maximum Gasteiger partial charge on any atom is 0.178 e. The van der Waals surface area contributed by atoms with Crippen LogP contribution in [0.4, 0.5) is 0 Å². The molecule has 4 rings (SSSR count). The van der Waals surface area contributed by atoms with Crippen molar-refractivity contribution < 1.29 is 19.8 Å². The molecule has 0 heterocycles. The van der Waals surface area contributed by atoms with Gasteiger partial charge in [0.05, 0.1) is 11.0 Å². The standard InChI is InChI=1S/C22H29ClO4/c1-12-9-17-16-6-5-14-10-15(25)7-8-19(14,3)21(16,23)18(26)11-20(17,4)22(12,27)13(2)24/h7-8,10,12,16-18,26-27H,5-6,9,11H2,1-4H3. The monoisotopic (exact) mass is 392 g/mol. The minimum Gasteiger partial charge on any atom is -0.391 e. The molecule has 0 spiro atoms. The van der Waals surface area contributed by atoms with E-state index in [1.165, 1.54) is 6.92 Å². The predicted octanol–water partition coefficient (Wildman–Crippen LogP) is 3.19. The number of allylic oxidation sites excluding steroid dienone is 4. The van der Waals surface area contributed by atoms with Gasteiger partial charge in [0.2, 0.25) is 0 Å². The van der Waals surface area contributed by atoms with Crippen LogP contribution in [0.25, 0.3) is 0 Å². The molecule has 0 aliphatic heterocycles. The molecule has 5 heteroatoms. The molecule has 27 heavy (non-hydrogen) atoms. The second kappa shape index (κ2) is 5.55. The molecular weight excluding hydrogens is 364 g/mol. The summed E-state index contributed by atoms with van der Waals surface area (Å²) in [5.41, 5.74) is -1.76. The highest BCUT2D eigenvalue weighted by Gasteiger charge is 2.74. The summed E-state index contributed by atoms with van der Waals surface area (Å²) in [6.45, 7) is 7.36. The van der Waals surface area contributed by atoms with Gasteiger partial charge >= 0.3 is 0 Å². The quantitative estimate of drug-likeness (QED) is 0.672. The number of aliphatic hydroxyl groups is 2. The zero-order valence-corrected chi connectivity index (χ0v) is 17.2. The van der Waals surface area contributed by atoms with Crippen LogP contribution in [0.2, 0.25) is 0 Å². The Morgan fingerprint density at radius 1 is 1.30 bits per heavy atom. The fraction of sp³-hybridized carbons (Fsp3) is 0.727. The third-order valence-electron chi connectivity index (χ3n) is 8.76. The van der Waals surface area contributed by atoms with E-state index in [1.54, 1.807) is 12.2 Å². The van der Waals surface area contributed by atoms with Gasteiger partial charge in [-0.1, -0.05) is 32.4 Å². The number of hydrogen-bond acceptors (Lipinski definition) is 4. The summed E-state index contributed by atoms with van der Waals surface area (Å²) < 4.78 is 0. The second-order valence-electron chi connectivity index (χ2n) is 9.72. The molecule has 0 saturated heterocycles. The van der Waals surface area contributed by atoms with Crippen LogP contribution in [-0.4, -0.2) is 38.4 Å². The molecule has 0 radical (unpaired) electrons. The molecule has 3 fully saturated rings. The molecule has 148 valence electrons. The van der Waals surface area contributed by atoms with Crippen molar-refractivity contribution in [1.82, 2.24) is 0 Å². The number of carbonyl (C=O) groups is 2. The molecule has 0 amide bonds. The van der Waals surface area contributed by atoms with E-state index < -0.39 is 27.4 Å². The molecule has 4 nitrogen and oxygen atoms in total. The summed E-state index contributed by atoms with van der Waals surface area (Å²) in [6.07, 6.45) is 6.71. The van der Waals surface area contributed by atoms with Gasteiger partial charge in [0.25, 0.3) is 0 Å². The van der Waals surface area contributed by atoms with E-state index in [-0.39, 0.29) is 35.7 Å². The lowest BCUT2D eigenvalue weighted by molar-refractivity contribution is -0.175. The van der Waals surface area contributed by atoms with Crippen molar-refractivity contribution in [1.29, 1.82) is 0 Å². The Kier molecular flexibility index (Phi) is 3.98. The molecule has 0 bridgehead atoms. The number of hydrogen-bond donors (Lipinski definition) is 2. The minimum atomic E-state index is -1.44. The van der Waals surface area contributed by atoms with Crippen molar-refractivity contribution in [3.8, 4) is 0 Å². The number of halogens is 1. The maximum absolute atomic E-state index is 12.5. The van der Waals surface area contributed by atoms with Crippen LogP contribution in [0.15, 0.2) is 23.8 Å². The fourth-order valence-corrected chi connectivity index (χ4v) is 7.82. The van der Waals surface area contributed by atoms with Gasteiger partial charge in [-0.15, -0.1) is 11.6 Å². The van der Waals surface area contributed by atoms with Gasteiger partial charge in [-0.25, -0.2) is 0 Å². The van der Waals surface area contributed by atoms with E-state index >= 15 is 0 Å². The van der Waals surface area contributed by atoms with Crippen LogP contribution in [0.1, 0.15) is 53.4 Å². The number of aliphatic hydroxyl groups excluding tert-OH is 1. The number of carbonyl (C=O) groups excluding carboxylic acids is 2. The molecule has 3 saturated carbocycles. The normalized spacial score (nSPS) is 54.0. The molecular formula is C22H29ClO4. The SMILES string of the molecule is CC(=O)C1(O)C(C)CC2C3CCC4=CC(=O)C=CC4(C)C3(Cl)C(O)CC21C. The first-order valence-electron chi connectivity index (χ1n) is 9.97. The molecule has 8 unspecified atom stereocenters. The number of fused-ring (bicyclic) bond motifs is 5. The first-order chi connectivity index (χ1) is 12.4. The van der Waals surface area contributed by atoms with Crippen LogP contribution in [0.3, 0.4) is 0 Å². The van der Waals surface area contributed by atoms with Gasteiger partial charge in [0, 0.05) is 10.8 Å². The number of ketones is 2. The summed E-state index contributed by atoms with van der Waals surface area (Å²) in [6, 6.07) is 0. The van der Waals surface area contributed by atoms with Crippen molar-refractivity contribution in [3.63, 3.8) is 0 Å². The zero-order chi connectivity index (χ0) is 20.0. The molecule has 0 aromatic rings. The lowest BCUT2D eigenvalue weighted by Crippen LogP contribution is -2.68. The smallest absolute Gasteiger partial charge is 0.178 e. The van der Waals surface area contributed by atoms with E-state index in [9.17, 15) is 19.8 Å². The Morgan fingerprint density at radius 3 is 2.59 bits per heavy atom. The van der Waals surface area contributed by atoms with Gasteiger partial charge in [-0.05, 0) is 62.5 Å². The Morgan fingerprint density at radius 2 is 1.96 bits per heavy atom. The fourth-order valence-electron chi connectivity index (χ4n) is 7.30. The highest BCUT2D eigenvalue weighted by atomic mass is 35.5. The van der Waals surface area contributed by atoms with Crippen molar-refractivity contribution in [2.45, 2.75) is 70.0 Å². The molecule has 4 aliphatic rings. The second-order valence-corrected chi connectivity index (χ2v) is 10.3. The van der Waals surface area contributed by atoms with E-state index in [2.05, 4.69) is 0 Å². The van der Waals surface area contributed by atoms with Crippen LogP contribution in [-0.2, 0) is 9.59 Å². The molecule has 0 aromatic heterocycles. The first kappa shape index (κ1) is 19.4. The average molecular weight is 393 g/mol. The highest BCUT2D eigenvalue weighted by molar-refractivity contribution is 6.26. The first-order valence-corrected chi connectivity index (χ1v) is 10.4. The summed E-state index contributed by atoms with van der Waals surface area (Å²) in [5, 5.41) is 22.8. The summed E-state index contributed by atoms with van der Waals surface area (Å²) in [7, 11) is 0. The van der Waals surface area contributed by atoms with E-state index in [4.69, 9.17) is 11.6 Å². The molecule has 8 atom stereocenters. The third-order valence-corrected chi connectivity index (χ3v) is 9.68. The number of Topliss-reactive ketones (excluding diaryl/α,β-unsaturated/α-hetero) is 1. The van der Waals surface area contributed by atoms with Crippen molar-refractivity contribution in [2.24, 2.45) is 28.6 Å². The topological polar surface area (TPSA) is 74.6 Å². The van der Waals surface area contributed by atoms with E-state index in [0.29, 0.717) is 0 Å². The Balaban J connectivity index is 1.85. The maximum atomic E-state index is 12.5. The van der Waals surface area contributed by atoms with Crippen molar-refractivity contribution in [2.75, 3.05) is 0 Å². The summed E-state index contributed by atoms with van der Waals surface area (Å²) >= 11 is 7.32. The molecule has 2 N–H and O–H groups in total. The van der Waals surface area contributed by atoms with Crippen LogP contribution >= 0.6 is 11.6 Å². The van der Waals surface area contributed by atoms with Crippen LogP contribution in [0, 0.1) is 28.6 Å².